The fraction of sp³-hybridized carbons (Fsp3) is 1.00. The van der Waals surface area contributed by atoms with Crippen LogP contribution in [0.15, 0.2) is 0 Å². The van der Waals surface area contributed by atoms with Crippen molar-refractivity contribution in [3.05, 3.63) is 0 Å². The van der Waals surface area contributed by atoms with Crippen LogP contribution >= 0.6 is 12.4 Å². The predicted octanol–water partition coefficient (Wildman–Crippen LogP) is -0.277. The molecule has 2 saturated heterocycles. The van der Waals surface area contributed by atoms with Crippen LogP contribution < -0.4 is 16.0 Å². The average molecular weight is 192 g/mol. The third-order valence-corrected chi connectivity index (χ3v) is 2.83. The molecule has 0 aromatic carbocycles. The summed E-state index contributed by atoms with van der Waals surface area (Å²) in [7, 11) is 0. The molecule has 2 fully saturated rings. The molecule has 0 atom stereocenters. The molecule has 0 bridgehead atoms. The Labute approximate surface area is 80.1 Å². The summed E-state index contributed by atoms with van der Waals surface area (Å²) in [5, 5.41) is 10.5. The quantitative estimate of drug-likeness (QED) is 0.493. The predicted molar refractivity (Wildman–Crippen MR) is 53.0 cm³/mol. The van der Waals surface area contributed by atoms with Gasteiger partial charge in [0.25, 0.3) is 0 Å². The summed E-state index contributed by atoms with van der Waals surface area (Å²) in [6, 6.07) is 0. The van der Waals surface area contributed by atoms with Gasteiger partial charge in [-0.2, -0.15) is 0 Å². The van der Waals surface area contributed by atoms with Gasteiger partial charge in [0.1, 0.15) is 0 Å². The molecule has 0 aromatic rings. The van der Waals surface area contributed by atoms with E-state index in [1.54, 1.807) is 0 Å². The molecular weight excluding hydrogens is 174 g/mol. The summed E-state index contributed by atoms with van der Waals surface area (Å²) in [6.07, 6.45) is 2.56. The van der Waals surface area contributed by atoms with E-state index in [0.29, 0.717) is 5.54 Å². The first-order chi connectivity index (χ1) is 5.41. The number of hydrogen-bond donors (Lipinski definition) is 3. The van der Waals surface area contributed by atoms with E-state index in [1.165, 1.54) is 25.9 Å². The topological polar surface area (TPSA) is 36.1 Å². The Kier molecular flexibility index (Phi) is 3.77. The molecule has 0 radical (unpaired) electrons. The first-order valence-corrected chi connectivity index (χ1v) is 4.58. The highest BCUT2D eigenvalue weighted by Gasteiger charge is 2.32. The first-order valence-electron chi connectivity index (χ1n) is 4.58. The monoisotopic (exact) mass is 191 g/mol. The molecule has 1 spiro atoms. The van der Waals surface area contributed by atoms with Gasteiger partial charge in [-0.15, -0.1) is 12.4 Å². The lowest BCUT2D eigenvalue weighted by Gasteiger charge is -2.42. The largest absolute Gasteiger partial charge is 0.317 e. The van der Waals surface area contributed by atoms with Crippen molar-refractivity contribution in [3.63, 3.8) is 0 Å². The van der Waals surface area contributed by atoms with Crippen LogP contribution in [0.4, 0.5) is 0 Å². The second-order valence-corrected chi connectivity index (χ2v) is 3.63. The summed E-state index contributed by atoms with van der Waals surface area (Å²) in [6.45, 7) is 5.78. The molecule has 2 aliphatic heterocycles. The number of halogens is 1. The molecule has 3 nitrogen and oxygen atoms in total. The number of hydrogen-bond acceptors (Lipinski definition) is 3. The second kappa shape index (κ2) is 4.42. The van der Waals surface area contributed by atoms with Crippen molar-refractivity contribution in [2.45, 2.75) is 18.4 Å². The van der Waals surface area contributed by atoms with E-state index < -0.39 is 0 Å². The van der Waals surface area contributed by atoms with E-state index in [1.807, 2.05) is 0 Å². The molecule has 12 heavy (non-hydrogen) atoms. The molecule has 0 amide bonds. The fourth-order valence-corrected chi connectivity index (χ4v) is 2.07. The molecule has 0 aliphatic carbocycles. The van der Waals surface area contributed by atoms with Crippen molar-refractivity contribution in [3.8, 4) is 0 Å². The lowest BCUT2D eigenvalue weighted by Crippen LogP contribution is -2.62. The van der Waals surface area contributed by atoms with Crippen molar-refractivity contribution >= 4 is 12.4 Å². The molecule has 0 saturated carbocycles. The highest BCUT2D eigenvalue weighted by Crippen LogP contribution is 2.18. The van der Waals surface area contributed by atoms with E-state index in [2.05, 4.69) is 16.0 Å². The highest BCUT2D eigenvalue weighted by atomic mass is 35.5. The van der Waals surface area contributed by atoms with E-state index >= 15 is 0 Å². The molecule has 72 valence electrons. The zero-order chi connectivity index (χ0) is 7.57. The summed E-state index contributed by atoms with van der Waals surface area (Å²) >= 11 is 0. The molecule has 0 aromatic heterocycles. The molecule has 3 N–H and O–H groups in total. The molecule has 2 aliphatic rings. The number of nitrogens with one attached hydrogen (secondary N) is 3. The lowest BCUT2D eigenvalue weighted by atomic mass is 9.87. The Morgan fingerprint density at radius 1 is 0.833 bits per heavy atom. The van der Waals surface area contributed by atoms with Gasteiger partial charge in [-0.1, -0.05) is 0 Å². The number of piperidine rings is 1. The number of rotatable bonds is 0. The van der Waals surface area contributed by atoms with Crippen LogP contribution in [0.3, 0.4) is 0 Å². The normalized spacial score (nSPS) is 28.0. The summed E-state index contributed by atoms with van der Waals surface area (Å²) in [4.78, 5) is 0. The van der Waals surface area contributed by atoms with Crippen LogP contribution in [-0.4, -0.2) is 38.3 Å². The summed E-state index contributed by atoms with van der Waals surface area (Å²) in [5.74, 6) is 0. The van der Waals surface area contributed by atoms with Gasteiger partial charge in [0, 0.05) is 25.2 Å². The second-order valence-electron chi connectivity index (χ2n) is 3.63. The Hall–Kier alpha value is 0.170. The average Bonchev–Trinajstić information content (AvgIpc) is 2.07. The highest BCUT2D eigenvalue weighted by molar-refractivity contribution is 5.85. The van der Waals surface area contributed by atoms with E-state index in [9.17, 15) is 0 Å². The molecular formula is C8H18ClN3. The lowest BCUT2D eigenvalue weighted by molar-refractivity contribution is 0.209. The van der Waals surface area contributed by atoms with Gasteiger partial charge in [0.15, 0.2) is 0 Å². The van der Waals surface area contributed by atoms with Crippen molar-refractivity contribution in [2.75, 3.05) is 32.7 Å². The van der Waals surface area contributed by atoms with Gasteiger partial charge >= 0.3 is 0 Å². The first kappa shape index (κ1) is 10.3. The van der Waals surface area contributed by atoms with Crippen LogP contribution in [0, 0.1) is 0 Å². The third kappa shape index (κ3) is 2.10. The van der Waals surface area contributed by atoms with E-state index in [0.717, 1.165) is 19.6 Å². The van der Waals surface area contributed by atoms with Crippen molar-refractivity contribution < 1.29 is 0 Å². The van der Waals surface area contributed by atoms with Crippen LogP contribution in [0.2, 0.25) is 0 Å². The van der Waals surface area contributed by atoms with Crippen LogP contribution in [0.5, 0.6) is 0 Å². The van der Waals surface area contributed by atoms with Crippen LogP contribution in [-0.2, 0) is 0 Å². The molecule has 2 rings (SSSR count). The van der Waals surface area contributed by atoms with Gasteiger partial charge < -0.3 is 16.0 Å². The zero-order valence-corrected chi connectivity index (χ0v) is 8.17. The fourth-order valence-electron chi connectivity index (χ4n) is 2.07. The Morgan fingerprint density at radius 2 is 1.58 bits per heavy atom. The Bertz CT molecular complexity index is 109. The van der Waals surface area contributed by atoms with Crippen molar-refractivity contribution in [2.24, 2.45) is 0 Å². The van der Waals surface area contributed by atoms with Gasteiger partial charge in [-0.25, -0.2) is 0 Å². The van der Waals surface area contributed by atoms with E-state index in [4.69, 9.17) is 0 Å². The molecule has 2 heterocycles. The van der Waals surface area contributed by atoms with Gasteiger partial charge in [0.05, 0.1) is 0 Å². The van der Waals surface area contributed by atoms with Crippen molar-refractivity contribution in [1.29, 1.82) is 0 Å². The Morgan fingerprint density at radius 3 is 2.17 bits per heavy atom. The van der Waals surface area contributed by atoms with E-state index in [-0.39, 0.29) is 12.4 Å². The van der Waals surface area contributed by atoms with Gasteiger partial charge in [-0.05, 0) is 25.9 Å². The van der Waals surface area contributed by atoms with Crippen LogP contribution in [0.1, 0.15) is 12.8 Å². The van der Waals surface area contributed by atoms with Crippen molar-refractivity contribution in [1.82, 2.24) is 16.0 Å². The number of piperazine rings is 1. The zero-order valence-electron chi connectivity index (χ0n) is 7.36. The SMILES string of the molecule is C1CC2(CCN1)CNCCN2.Cl. The minimum atomic E-state index is 0. The third-order valence-electron chi connectivity index (χ3n) is 2.83. The Balaban J connectivity index is 0.000000720. The van der Waals surface area contributed by atoms with Crippen LogP contribution in [0.25, 0.3) is 0 Å². The van der Waals surface area contributed by atoms with Gasteiger partial charge in [-0.3, -0.25) is 0 Å². The maximum atomic E-state index is 3.63. The maximum absolute atomic E-state index is 3.63. The minimum Gasteiger partial charge on any atom is -0.317 e. The maximum Gasteiger partial charge on any atom is 0.0330 e. The standard InChI is InChI=1S/C8H17N3.ClH/c1-3-9-4-2-8(1)7-10-5-6-11-8;/h9-11H,1-7H2;1H. The molecule has 0 unspecified atom stereocenters. The summed E-state index contributed by atoms with van der Waals surface area (Å²) < 4.78 is 0. The molecule has 4 heteroatoms. The summed E-state index contributed by atoms with van der Waals surface area (Å²) in [5.41, 5.74) is 0.434. The minimum absolute atomic E-state index is 0. The van der Waals surface area contributed by atoms with Gasteiger partial charge in [0.2, 0.25) is 0 Å². The smallest absolute Gasteiger partial charge is 0.0330 e.